The van der Waals surface area contributed by atoms with Crippen molar-refractivity contribution in [2.45, 2.75) is 19.4 Å². The van der Waals surface area contributed by atoms with Gasteiger partial charge in [-0.25, -0.2) is 0 Å². The van der Waals surface area contributed by atoms with Crippen molar-refractivity contribution in [2.24, 2.45) is 7.05 Å². The van der Waals surface area contributed by atoms with Crippen molar-refractivity contribution < 1.29 is 18.9 Å². The van der Waals surface area contributed by atoms with Gasteiger partial charge in [0, 0.05) is 34.8 Å². The Morgan fingerprint density at radius 3 is 2.12 bits per heavy atom. The Bertz CT molecular complexity index is 1510. The van der Waals surface area contributed by atoms with Gasteiger partial charge in [-0.3, -0.25) is 4.79 Å². The van der Waals surface area contributed by atoms with Crippen LogP contribution >= 0.6 is 0 Å². The number of aryl methyl sites for hydroxylation is 1. The fraction of sp³-hybridized carbons (Fsp3) is 0.269. The van der Waals surface area contributed by atoms with Gasteiger partial charge < -0.3 is 23.5 Å². The van der Waals surface area contributed by atoms with Crippen LogP contribution in [-0.2, 0) is 7.05 Å². The van der Waals surface area contributed by atoms with Gasteiger partial charge in [0.05, 0.1) is 37.7 Å². The van der Waals surface area contributed by atoms with Crippen molar-refractivity contribution in [3.05, 3.63) is 52.2 Å². The van der Waals surface area contributed by atoms with E-state index < -0.39 is 5.60 Å². The van der Waals surface area contributed by atoms with Crippen molar-refractivity contribution in [1.29, 1.82) is 0 Å². The molecule has 1 aliphatic heterocycles. The molecule has 0 spiro atoms. The topological polar surface area (TPSA) is 58.9 Å². The zero-order valence-electron chi connectivity index (χ0n) is 19.0. The molecule has 0 saturated carbocycles. The summed E-state index contributed by atoms with van der Waals surface area (Å²) in [5.74, 6) is 2.58. The number of rotatable bonds is 3. The molecule has 0 N–H and O–H groups in total. The molecule has 3 aromatic carbocycles. The Hall–Kier alpha value is -3.67. The van der Waals surface area contributed by atoms with Gasteiger partial charge in [-0.2, -0.15) is 0 Å². The lowest BCUT2D eigenvalue weighted by molar-refractivity contribution is 0.159. The van der Waals surface area contributed by atoms with E-state index in [1.54, 1.807) is 27.4 Å². The number of fused-ring (bicyclic) bond motifs is 5. The molecule has 0 bridgehead atoms. The number of ether oxygens (including phenoxy) is 4. The number of methoxy groups -OCH3 is 3. The molecule has 0 aliphatic carbocycles. The number of aromatic nitrogens is 1. The van der Waals surface area contributed by atoms with E-state index in [9.17, 15) is 4.79 Å². The van der Waals surface area contributed by atoms with E-state index in [0.717, 1.165) is 27.4 Å². The maximum absolute atomic E-state index is 13.8. The van der Waals surface area contributed by atoms with Crippen molar-refractivity contribution >= 4 is 38.7 Å². The molecule has 1 aliphatic rings. The summed E-state index contributed by atoms with van der Waals surface area (Å²) in [6.07, 6.45) is 4.03. The van der Waals surface area contributed by atoms with Crippen LogP contribution in [0.25, 0.3) is 38.7 Å². The van der Waals surface area contributed by atoms with Crippen LogP contribution in [0.2, 0.25) is 0 Å². The molecular formula is C26H25NO5. The smallest absolute Gasteiger partial charge is 0.201 e. The Balaban J connectivity index is 2.01. The molecule has 0 fully saturated rings. The Labute approximate surface area is 185 Å². The minimum Gasteiger partial charge on any atom is -0.496 e. The lowest BCUT2D eigenvalue weighted by atomic mass is 9.97. The molecule has 5 rings (SSSR count). The summed E-state index contributed by atoms with van der Waals surface area (Å²) in [4.78, 5) is 13.8. The van der Waals surface area contributed by atoms with Crippen molar-refractivity contribution in [3.8, 4) is 23.0 Å². The SMILES string of the molecule is COc1ccc(OC)c2cc3c(cc12)c(=O)c1c(OC)cc2c(c1n3C)C=CC(C)(C)O2. The summed E-state index contributed by atoms with van der Waals surface area (Å²) in [5.41, 5.74) is 1.87. The predicted octanol–water partition coefficient (Wildman–Crippen LogP) is 5.05. The molecule has 0 atom stereocenters. The fourth-order valence-electron chi connectivity index (χ4n) is 4.61. The quantitative estimate of drug-likeness (QED) is 0.425. The third-order valence-electron chi connectivity index (χ3n) is 6.17. The summed E-state index contributed by atoms with van der Waals surface area (Å²) in [6, 6.07) is 9.38. The van der Waals surface area contributed by atoms with Crippen LogP contribution < -0.4 is 24.4 Å². The average Bonchev–Trinajstić information content (AvgIpc) is 2.78. The van der Waals surface area contributed by atoms with E-state index in [1.807, 2.05) is 61.9 Å². The highest BCUT2D eigenvalue weighted by Crippen LogP contribution is 2.42. The third-order valence-corrected chi connectivity index (χ3v) is 6.17. The van der Waals surface area contributed by atoms with Gasteiger partial charge in [0.25, 0.3) is 0 Å². The summed E-state index contributed by atoms with van der Waals surface area (Å²) >= 11 is 0. The maximum Gasteiger partial charge on any atom is 0.201 e. The van der Waals surface area contributed by atoms with Gasteiger partial charge in [0.1, 0.15) is 28.6 Å². The molecule has 32 heavy (non-hydrogen) atoms. The second kappa shape index (κ2) is 6.92. The van der Waals surface area contributed by atoms with Crippen molar-refractivity contribution in [1.82, 2.24) is 4.57 Å². The highest BCUT2D eigenvalue weighted by Gasteiger charge is 2.27. The molecule has 164 valence electrons. The molecule has 0 amide bonds. The van der Waals surface area contributed by atoms with E-state index in [1.165, 1.54) is 0 Å². The monoisotopic (exact) mass is 431 g/mol. The largest absolute Gasteiger partial charge is 0.496 e. The van der Waals surface area contributed by atoms with Crippen LogP contribution in [0.4, 0.5) is 0 Å². The van der Waals surface area contributed by atoms with E-state index in [4.69, 9.17) is 18.9 Å². The molecule has 2 heterocycles. The minimum atomic E-state index is -0.443. The summed E-state index contributed by atoms with van der Waals surface area (Å²) in [7, 11) is 6.78. The van der Waals surface area contributed by atoms with E-state index in [-0.39, 0.29) is 5.43 Å². The second-order valence-electron chi connectivity index (χ2n) is 8.53. The maximum atomic E-state index is 13.8. The van der Waals surface area contributed by atoms with Gasteiger partial charge in [0.2, 0.25) is 5.43 Å². The molecule has 6 nitrogen and oxygen atoms in total. The number of nitrogens with zero attached hydrogens (tertiary/aromatic N) is 1. The summed E-state index contributed by atoms with van der Waals surface area (Å²) in [5, 5.41) is 2.80. The van der Waals surface area contributed by atoms with Gasteiger partial charge >= 0.3 is 0 Å². The molecule has 4 aromatic rings. The number of benzene rings is 3. The van der Waals surface area contributed by atoms with Crippen LogP contribution in [0.15, 0.2) is 41.2 Å². The van der Waals surface area contributed by atoms with Crippen LogP contribution in [-0.4, -0.2) is 31.5 Å². The first-order valence-electron chi connectivity index (χ1n) is 10.4. The standard InChI is InChI=1S/C26H25NO5/c1-26(2)10-9-14-21(32-26)13-22(31-6)23-24(14)27(3)18-12-16-15(11-17(18)25(23)28)19(29-4)7-8-20(16)30-5/h7-13H,1-6H3. The minimum absolute atomic E-state index is 0.0993. The van der Waals surface area contributed by atoms with E-state index in [0.29, 0.717) is 33.8 Å². The lowest BCUT2D eigenvalue weighted by Crippen LogP contribution is -2.28. The third kappa shape index (κ3) is 2.75. The first-order valence-corrected chi connectivity index (χ1v) is 10.4. The Kier molecular flexibility index (Phi) is 4.38. The Morgan fingerprint density at radius 1 is 0.875 bits per heavy atom. The number of hydrogen-bond acceptors (Lipinski definition) is 5. The molecule has 6 heteroatoms. The fourth-order valence-corrected chi connectivity index (χ4v) is 4.61. The highest BCUT2D eigenvalue weighted by atomic mass is 16.5. The first-order chi connectivity index (χ1) is 15.3. The summed E-state index contributed by atoms with van der Waals surface area (Å²) in [6.45, 7) is 3.99. The average molecular weight is 431 g/mol. The number of hydrogen-bond donors (Lipinski definition) is 0. The molecule has 0 radical (unpaired) electrons. The van der Waals surface area contributed by atoms with Crippen LogP contribution in [0.1, 0.15) is 19.4 Å². The van der Waals surface area contributed by atoms with Crippen LogP contribution in [0.5, 0.6) is 23.0 Å². The van der Waals surface area contributed by atoms with Crippen molar-refractivity contribution in [2.75, 3.05) is 21.3 Å². The van der Waals surface area contributed by atoms with Gasteiger partial charge in [-0.1, -0.05) is 0 Å². The predicted molar refractivity (Wildman–Crippen MR) is 128 cm³/mol. The molecule has 1 aromatic heterocycles. The lowest BCUT2D eigenvalue weighted by Gasteiger charge is -2.29. The normalized spacial score (nSPS) is 14.4. The highest BCUT2D eigenvalue weighted by molar-refractivity contribution is 6.08. The number of pyridine rings is 1. The van der Waals surface area contributed by atoms with Gasteiger partial charge in [-0.05, 0) is 50.3 Å². The zero-order valence-corrected chi connectivity index (χ0v) is 19.0. The van der Waals surface area contributed by atoms with E-state index in [2.05, 4.69) is 0 Å². The van der Waals surface area contributed by atoms with Crippen LogP contribution in [0.3, 0.4) is 0 Å². The first kappa shape index (κ1) is 20.2. The van der Waals surface area contributed by atoms with Gasteiger partial charge in [-0.15, -0.1) is 0 Å². The van der Waals surface area contributed by atoms with Crippen molar-refractivity contribution in [3.63, 3.8) is 0 Å². The Morgan fingerprint density at radius 2 is 1.50 bits per heavy atom. The van der Waals surface area contributed by atoms with Gasteiger partial charge in [0.15, 0.2) is 0 Å². The molecular weight excluding hydrogens is 406 g/mol. The summed E-state index contributed by atoms with van der Waals surface area (Å²) < 4.78 is 25.0. The zero-order chi connectivity index (χ0) is 22.8. The van der Waals surface area contributed by atoms with Crippen LogP contribution in [0, 0.1) is 0 Å². The molecule has 0 saturated heterocycles. The second-order valence-corrected chi connectivity index (χ2v) is 8.53. The molecule has 0 unspecified atom stereocenters. The van der Waals surface area contributed by atoms with E-state index >= 15 is 0 Å².